The largest absolute Gasteiger partial charge is 0.481 e. The van der Waals surface area contributed by atoms with Crippen molar-refractivity contribution < 1.29 is 14.7 Å². The molecule has 1 fully saturated rings. The van der Waals surface area contributed by atoms with Gasteiger partial charge in [-0.15, -0.1) is 11.3 Å². The number of hydrogen-bond donors (Lipinski definition) is 1. The van der Waals surface area contributed by atoms with Gasteiger partial charge in [0, 0.05) is 35.9 Å². The van der Waals surface area contributed by atoms with Gasteiger partial charge in [-0.05, 0) is 31.4 Å². The molecule has 1 aliphatic rings. The van der Waals surface area contributed by atoms with Crippen LogP contribution in [-0.2, 0) is 22.4 Å². The van der Waals surface area contributed by atoms with Crippen LogP contribution in [0.4, 0.5) is 0 Å². The van der Waals surface area contributed by atoms with Crippen LogP contribution in [0.25, 0.3) is 10.6 Å². The molecule has 1 amide bonds. The first kappa shape index (κ1) is 18.5. The molecule has 0 saturated carbocycles. The molecule has 3 heterocycles. The number of carbonyl (C=O) groups excluding carboxylic acids is 1. The van der Waals surface area contributed by atoms with Crippen molar-refractivity contribution in [1.82, 2.24) is 14.9 Å². The molecule has 0 aromatic carbocycles. The Morgan fingerprint density at radius 2 is 2.08 bits per heavy atom. The van der Waals surface area contributed by atoms with Crippen molar-refractivity contribution in [2.45, 2.75) is 39.0 Å². The van der Waals surface area contributed by atoms with Crippen molar-refractivity contribution in [2.24, 2.45) is 5.92 Å². The number of thiazole rings is 1. The van der Waals surface area contributed by atoms with Crippen molar-refractivity contribution in [3.05, 3.63) is 35.1 Å². The highest BCUT2D eigenvalue weighted by atomic mass is 32.1. The number of likely N-dealkylation sites (tertiary alicyclic amines) is 1. The third kappa shape index (κ3) is 4.46. The van der Waals surface area contributed by atoms with Crippen molar-refractivity contribution in [1.29, 1.82) is 0 Å². The van der Waals surface area contributed by atoms with Crippen LogP contribution in [0, 0.1) is 5.92 Å². The minimum absolute atomic E-state index is 0.0205. The Kier molecular flexibility index (Phi) is 5.98. The molecule has 0 spiro atoms. The van der Waals surface area contributed by atoms with Gasteiger partial charge < -0.3 is 10.0 Å². The Morgan fingerprint density at radius 1 is 1.31 bits per heavy atom. The van der Waals surface area contributed by atoms with Crippen LogP contribution in [0.1, 0.15) is 37.6 Å². The molecule has 0 bridgehead atoms. The second-order valence-corrected chi connectivity index (χ2v) is 7.46. The van der Waals surface area contributed by atoms with Crippen LogP contribution in [0.5, 0.6) is 0 Å². The number of carboxylic acids is 1. The first-order chi connectivity index (χ1) is 12.6. The molecule has 26 heavy (non-hydrogen) atoms. The number of nitrogens with zero attached hydrogens (tertiary/aromatic N) is 3. The summed E-state index contributed by atoms with van der Waals surface area (Å²) in [6.45, 7) is 3.15. The SMILES string of the molecule is CCCc1cc(-c2nc(CC(=O)N3CCC(C(=O)O)CC3)cs2)ccn1. The lowest BCUT2D eigenvalue weighted by Crippen LogP contribution is -2.41. The number of aliphatic carboxylic acids is 1. The van der Waals surface area contributed by atoms with Crippen LogP contribution in [-0.4, -0.2) is 44.9 Å². The zero-order valence-electron chi connectivity index (χ0n) is 14.9. The molecule has 1 aliphatic heterocycles. The minimum atomic E-state index is -0.763. The van der Waals surface area contributed by atoms with Crippen LogP contribution < -0.4 is 0 Å². The van der Waals surface area contributed by atoms with E-state index in [0.29, 0.717) is 25.9 Å². The van der Waals surface area contributed by atoms with Gasteiger partial charge in [0.05, 0.1) is 18.0 Å². The van der Waals surface area contributed by atoms with Crippen molar-refractivity contribution in [2.75, 3.05) is 13.1 Å². The molecule has 6 nitrogen and oxygen atoms in total. The molecule has 0 unspecified atom stereocenters. The van der Waals surface area contributed by atoms with Gasteiger partial charge in [-0.3, -0.25) is 14.6 Å². The lowest BCUT2D eigenvalue weighted by atomic mass is 9.97. The first-order valence-corrected chi connectivity index (χ1v) is 9.85. The monoisotopic (exact) mass is 373 g/mol. The number of carbonyl (C=O) groups is 2. The number of aryl methyl sites for hydroxylation is 1. The summed E-state index contributed by atoms with van der Waals surface area (Å²) >= 11 is 1.54. The van der Waals surface area contributed by atoms with E-state index >= 15 is 0 Å². The second kappa shape index (κ2) is 8.40. The summed E-state index contributed by atoms with van der Waals surface area (Å²) in [5.74, 6) is -1.07. The molecule has 0 atom stereocenters. The normalized spacial score (nSPS) is 15.2. The molecule has 138 valence electrons. The van der Waals surface area contributed by atoms with Crippen molar-refractivity contribution in [3.8, 4) is 10.6 Å². The average Bonchev–Trinajstić information content (AvgIpc) is 3.11. The summed E-state index contributed by atoms with van der Waals surface area (Å²) in [5.41, 5.74) is 2.86. The van der Waals surface area contributed by atoms with Crippen LogP contribution in [0.2, 0.25) is 0 Å². The number of aromatic nitrogens is 2. The third-order valence-corrected chi connectivity index (χ3v) is 5.59. The van der Waals surface area contributed by atoms with Gasteiger partial charge >= 0.3 is 5.97 Å². The summed E-state index contributed by atoms with van der Waals surface area (Å²) < 4.78 is 0. The molecule has 1 saturated heterocycles. The fourth-order valence-electron chi connectivity index (χ4n) is 3.17. The van der Waals surface area contributed by atoms with E-state index in [0.717, 1.165) is 34.8 Å². The highest BCUT2D eigenvalue weighted by Crippen LogP contribution is 2.25. The van der Waals surface area contributed by atoms with Gasteiger partial charge in [0.2, 0.25) is 5.91 Å². The molecular weight excluding hydrogens is 350 g/mol. The number of hydrogen-bond acceptors (Lipinski definition) is 5. The second-order valence-electron chi connectivity index (χ2n) is 6.60. The zero-order valence-corrected chi connectivity index (χ0v) is 15.7. The first-order valence-electron chi connectivity index (χ1n) is 8.97. The van der Waals surface area contributed by atoms with Crippen molar-refractivity contribution >= 4 is 23.2 Å². The maximum Gasteiger partial charge on any atom is 0.306 e. The molecule has 2 aromatic heterocycles. The van der Waals surface area contributed by atoms with E-state index in [4.69, 9.17) is 5.11 Å². The summed E-state index contributed by atoms with van der Waals surface area (Å²) in [7, 11) is 0. The maximum absolute atomic E-state index is 12.5. The van der Waals surface area contributed by atoms with Gasteiger partial charge in [0.15, 0.2) is 0 Å². The Hall–Kier alpha value is -2.28. The third-order valence-electron chi connectivity index (χ3n) is 4.65. The molecule has 3 rings (SSSR count). The van der Waals surface area contributed by atoms with Gasteiger partial charge in [-0.2, -0.15) is 0 Å². The van der Waals surface area contributed by atoms with Gasteiger partial charge in [-0.25, -0.2) is 4.98 Å². The quantitative estimate of drug-likeness (QED) is 0.841. The number of pyridine rings is 1. The molecule has 2 aromatic rings. The number of piperidine rings is 1. The standard InChI is InChI=1S/C19H23N3O3S/c1-2-3-15-10-14(4-7-20-15)18-21-16(12-26-18)11-17(23)22-8-5-13(6-9-22)19(24)25/h4,7,10,12-13H,2-3,5-6,8-9,11H2,1H3,(H,24,25). The minimum Gasteiger partial charge on any atom is -0.481 e. The predicted octanol–water partition coefficient (Wildman–Crippen LogP) is 3.02. The summed E-state index contributed by atoms with van der Waals surface area (Å²) in [4.78, 5) is 34.2. The lowest BCUT2D eigenvalue weighted by Gasteiger charge is -2.30. The number of rotatable bonds is 6. The van der Waals surface area contributed by atoms with Crippen LogP contribution in [0.15, 0.2) is 23.7 Å². The highest BCUT2D eigenvalue weighted by Gasteiger charge is 2.27. The maximum atomic E-state index is 12.5. The topological polar surface area (TPSA) is 83.4 Å². The van der Waals surface area contributed by atoms with E-state index in [1.807, 2.05) is 11.4 Å². The Bertz CT molecular complexity index is 782. The van der Waals surface area contributed by atoms with E-state index in [2.05, 4.69) is 23.0 Å². The predicted molar refractivity (Wildman–Crippen MR) is 100.0 cm³/mol. The zero-order chi connectivity index (χ0) is 18.5. The van der Waals surface area contributed by atoms with E-state index in [1.54, 1.807) is 11.1 Å². The molecule has 7 heteroatoms. The van der Waals surface area contributed by atoms with Crippen LogP contribution >= 0.6 is 11.3 Å². The number of carboxylic acid groups (broad SMARTS) is 1. The average molecular weight is 373 g/mol. The van der Waals surface area contributed by atoms with E-state index in [-0.39, 0.29) is 18.2 Å². The van der Waals surface area contributed by atoms with Gasteiger partial charge in [-0.1, -0.05) is 13.3 Å². The van der Waals surface area contributed by atoms with Gasteiger partial charge in [0.25, 0.3) is 0 Å². The van der Waals surface area contributed by atoms with Crippen LogP contribution in [0.3, 0.4) is 0 Å². The summed E-state index contributed by atoms with van der Waals surface area (Å²) in [6.07, 6.45) is 5.12. The van der Waals surface area contributed by atoms with E-state index in [1.165, 1.54) is 11.3 Å². The van der Waals surface area contributed by atoms with Gasteiger partial charge in [0.1, 0.15) is 5.01 Å². The lowest BCUT2D eigenvalue weighted by molar-refractivity contribution is -0.145. The Balaban J connectivity index is 1.61. The van der Waals surface area contributed by atoms with Crippen molar-refractivity contribution in [3.63, 3.8) is 0 Å². The molecule has 0 radical (unpaired) electrons. The fourth-order valence-corrected chi connectivity index (χ4v) is 3.98. The fraction of sp³-hybridized carbons (Fsp3) is 0.474. The molecule has 0 aliphatic carbocycles. The Morgan fingerprint density at radius 3 is 2.77 bits per heavy atom. The van der Waals surface area contributed by atoms with E-state index < -0.39 is 5.97 Å². The summed E-state index contributed by atoms with van der Waals surface area (Å²) in [5, 5.41) is 11.9. The Labute approximate surface area is 156 Å². The summed E-state index contributed by atoms with van der Waals surface area (Å²) in [6, 6.07) is 4.00. The molecule has 1 N–H and O–H groups in total. The smallest absolute Gasteiger partial charge is 0.306 e. The molecular formula is C19H23N3O3S. The number of amides is 1. The highest BCUT2D eigenvalue weighted by molar-refractivity contribution is 7.13. The van der Waals surface area contributed by atoms with E-state index in [9.17, 15) is 9.59 Å².